The number of rotatable bonds is 7. The van der Waals surface area contributed by atoms with Crippen LogP contribution < -0.4 is 16.0 Å². The van der Waals surface area contributed by atoms with Crippen molar-refractivity contribution in [3.05, 3.63) is 23.7 Å². The van der Waals surface area contributed by atoms with E-state index in [-0.39, 0.29) is 42.2 Å². The quantitative estimate of drug-likeness (QED) is 0.644. The number of hydrogen-bond acceptors (Lipinski definition) is 6. The second-order valence-electron chi connectivity index (χ2n) is 7.51. The maximum absolute atomic E-state index is 12.7. The highest BCUT2D eigenvalue weighted by Gasteiger charge is 2.35. The Kier molecular flexibility index (Phi) is 7.47. The highest BCUT2D eigenvalue weighted by molar-refractivity contribution is 5.91. The van der Waals surface area contributed by atoms with Gasteiger partial charge in [0.25, 0.3) is 5.91 Å². The molecule has 2 fully saturated rings. The summed E-state index contributed by atoms with van der Waals surface area (Å²) in [5, 5.41) is 9.15. The number of hydrogen-bond donors (Lipinski definition) is 3. The molecule has 3 rings (SSSR count). The standard InChI is InChI=1S/C20H31N3O5/c1-21-20(25)18-6-4-15(28-18)12-22-19(24)13-3-5-17(26-2)16(11-13)23-14-7-9-27-10-8-14/h4,6,13-14,16-17,23H,3,5,7-12H2,1-2H3,(H,21,25)(H,22,24)/t13-,16+,17+/m0/s1. The average molecular weight is 393 g/mol. The van der Waals surface area contributed by atoms with Crippen LogP contribution in [-0.4, -0.2) is 57.4 Å². The number of carbonyl (C=O) groups excluding carboxylic acids is 2. The molecule has 1 aromatic heterocycles. The molecule has 28 heavy (non-hydrogen) atoms. The summed E-state index contributed by atoms with van der Waals surface area (Å²) in [4.78, 5) is 24.2. The van der Waals surface area contributed by atoms with Crippen LogP contribution in [0, 0.1) is 5.92 Å². The van der Waals surface area contributed by atoms with Gasteiger partial charge < -0.3 is 29.8 Å². The second-order valence-corrected chi connectivity index (χ2v) is 7.51. The zero-order valence-electron chi connectivity index (χ0n) is 16.7. The Bertz CT molecular complexity index is 656. The molecule has 1 saturated carbocycles. The van der Waals surface area contributed by atoms with Gasteiger partial charge in [-0.05, 0) is 44.2 Å². The van der Waals surface area contributed by atoms with Crippen molar-refractivity contribution in [2.75, 3.05) is 27.4 Å². The lowest BCUT2D eigenvalue weighted by Gasteiger charge is -2.38. The number of furan rings is 1. The number of methoxy groups -OCH3 is 1. The van der Waals surface area contributed by atoms with Crippen LogP contribution in [0.2, 0.25) is 0 Å². The summed E-state index contributed by atoms with van der Waals surface area (Å²) in [6.07, 6.45) is 4.54. The van der Waals surface area contributed by atoms with E-state index in [2.05, 4.69) is 16.0 Å². The van der Waals surface area contributed by atoms with Gasteiger partial charge in [-0.2, -0.15) is 0 Å². The minimum absolute atomic E-state index is 0.0197. The second kappa shape index (κ2) is 10.0. The molecule has 8 nitrogen and oxygen atoms in total. The predicted octanol–water partition coefficient (Wildman–Crippen LogP) is 1.21. The van der Waals surface area contributed by atoms with Crippen molar-refractivity contribution in [1.82, 2.24) is 16.0 Å². The van der Waals surface area contributed by atoms with Crippen LogP contribution >= 0.6 is 0 Å². The Labute approximate surface area is 165 Å². The molecule has 8 heteroatoms. The van der Waals surface area contributed by atoms with E-state index in [4.69, 9.17) is 13.9 Å². The Morgan fingerprint density at radius 3 is 2.68 bits per heavy atom. The fourth-order valence-electron chi connectivity index (χ4n) is 4.04. The summed E-state index contributed by atoms with van der Waals surface area (Å²) in [6.45, 7) is 1.85. The molecule has 1 aromatic rings. The first-order valence-electron chi connectivity index (χ1n) is 10.1. The molecule has 0 aromatic carbocycles. The Morgan fingerprint density at radius 2 is 1.96 bits per heavy atom. The van der Waals surface area contributed by atoms with E-state index in [9.17, 15) is 9.59 Å². The molecule has 3 N–H and O–H groups in total. The minimum atomic E-state index is -0.280. The summed E-state index contributed by atoms with van der Waals surface area (Å²) in [5.74, 6) is 0.489. The molecular formula is C20H31N3O5. The Morgan fingerprint density at radius 1 is 1.18 bits per heavy atom. The van der Waals surface area contributed by atoms with E-state index in [1.807, 2.05) is 0 Å². The van der Waals surface area contributed by atoms with Crippen molar-refractivity contribution in [3.8, 4) is 0 Å². The van der Waals surface area contributed by atoms with Gasteiger partial charge in [0.2, 0.25) is 5.91 Å². The predicted molar refractivity (Wildman–Crippen MR) is 103 cm³/mol. The first kappa shape index (κ1) is 20.8. The molecule has 0 spiro atoms. The van der Waals surface area contributed by atoms with Crippen molar-refractivity contribution < 1.29 is 23.5 Å². The van der Waals surface area contributed by atoms with Gasteiger partial charge in [0.15, 0.2) is 5.76 Å². The van der Waals surface area contributed by atoms with Crippen molar-refractivity contribution in [1.29, 1.82) is 0 Å². The molecule has 0 radical (unpaired) electrons. The SMILES string of the molecule is CNC(=O)c1ccc(CNC(=O)[C@H]2CC[C@@H](OC)[C@H](NC3CCOCC3)C2)o1. The summed E-state index contributed by atoms with van der Waals surface area (Å²) >= 11 is 0. The van der Waals surface area contributed by atoms with Gasteiger partial charge >= 0.3 is 0 Å². The van der Waals surface area contributed by atoms with E-state index in [1.165, 1.54) is 0 Å². The first-order valence-corrected chi connectivity index (χ1v) is 10.1. The van der Waals surface area contributed by atoms with Crippen molar-refractivity contribution in [3.63, 3.8) is 0 Å². The molecule has 2 heterocycles. The van der Waals surface area contributed by atoms with Crippen LogP contribution in [0.3, 0.4) is 0 Å². The zero-order chi connectivity index (χ0) is 19.9. The zero-order valence-corrected chi connectivity index (χ0v) is 16.7. The minimum Gasteiger partial charge on any atom is -0.454 e. The van der Waals surface area contributed by atoms with E-state index < -0.39 is 0 Å². The number of carbonyl (C=O) groups is 2. The maximum Gasteiger partial charge on any atom is 0.286 e. The Hall–Kier alpha value is -1.90. The normalized spacial score (nSPS) is 26.0. The van der Waals surface area contributed by atoms with Crippen LogP contribution in [0.5, 0.6) is 0 Å². The molecule has 1 saturated heterocycles. The molecule has 0 unspecified atom stereocenters. The fourth-order valence-corrected chi connectivity index (χ4v) is 4.04. The maximum atomic E-state index is 12.7. The van der Waals surface area contributed by atoms with Gasteiger partial charge in [0, 0.05) is 45.4 Å². The summed E-state index contributed by atoms with van der Waals surface area (Å²) in [5.41, 5.74) is 0. The van der Waals surface area contributed by atoms with Crippen molar-refractivity contribution in [2.24, 2.45) is 5.92 Å². The molecule has 2 aliphatic rings. The van der Waals surface area contributed by atoms with Crippen LogP contribution in [0.1, 0.15) is 48.4 Å². The molecule has 3 atom stereocenters. The summed E-state index contributed by atoms with van der Waals surface area (Å²) < 4.78 is 16.5. The van der Waals surface area contributed by atoms with Crippen molar-refractivity contribution in [2.45, 2.75) is 56.8 Å². The molecule has 2 amide bonds. The van der Waals surface area contributed by atoms with Gasteiger partial charge in [-0.15, -0.1) is 0 Å². The van der Waals surface area contributed by atoms with Gasteiger partial charge in [0.05, 0.1) is 12.6 Å². The third-order valence-electron chi connectivity index (χ3n) is 5.68. The van der Waals surface area contributed by atoms with E-state index in [0.29, 0.717) is 11.8 Å². The fraction of sp³-hybridized carbons (Fsp3) is 0.700. The highest BCUT2D eigenvalue weighted by atomic mass is 16.5. The lowest BCUT2D eigenvalue weighted by atomic mass is 9.82. The molecular weight excluding hydrogens is 362 g/mol. The lowest BCUT2D eigenvalue weighted by molar-refractivity contribution is -0.127. The number of nitrogens with one attached hydrogen (secondary N) is 3. The third kappa shape index (κ3) is 5.33. The van der Waals surface area contributed by atoms with Gasteiger partial charge in [-0.25, -0.2) is 0 Å². The molecule has 0 bridgehead atoms. The summed E-state index contributed by atoms with van der Waals surface area (Å²) in [6, 6.07) is 3.91. The first-order chi connectivity index (χ1) is 13.6. The van der Waals surface area contributed by atoms with Gasteiger partial charge in [-0.1, -0.05) is 0 Å². The topological polar surface area (TPSA) is 102 Å². The van der Waals surface area contributed by atoms with Gasteiger partial charge in [-0.3, -0.25) is 9.59 Å². The Balaban J connectivity index is 1.51. The molecule has 1 aliphatic heterocycles. The van der Waals surface area contributed by atoms with Gasteiger partial charge in [0.1, 0.15) is 5.76 Å². The van der Waals surface area contributed by atoms with Crippen LogP contribution in [0.15, 0.2) is 16.5 Å². The number of amides is 2. The summed E-state index contributed by atoms with van der Waals surface area (Å²) in [7, 11) is 3.29. The van der Waals surface area contributed by atoms with E-state index in [0.717, 1.165) is 45.3 Å². The average Bonchev–Trinajstić information content (AvgIpc) is 3.21. The molecule has 1 aliphatic carbocycles. The smallest absolute Gasteiger partial charge is 0.286 e. The van der Waals surface area contributed by atoms with Crippen molar-refractivity contribution >= 4 is 11.8 Å². The lowest BCUT2D eigenvalue weighted by Crippen LogP contribution is -2.52. The molecule has 156 valence electrons. The van der Waals surface area contributed by atoms with E-state index in [1.54, 1.807) is 26.3 Å². The largest absolute Gasteiger partial charge is 0.454 e. The number of ether oxygens (including phenoxy) is 2. The highest BCUT2D eigenvalue weighted by Crippen LogP contribution is 2.28. The van der Waals surface area contributed by atoms with Crippen LogP contribution in [0.4, 0.5) is 0 Å². The monoisotopic (exact) mass is 393 g/mol. The van der Waals surface area contributed by atoms with Crippen LogP contribution in [0.25, 0.3) is 0 Å². The van der Waals surface area contributed by atoms with Crippen LogP contribution in [-0.2, 0) is 20.8 Å². The third-order valence-corrected chi connectivity index (χ3v) is 5.68. The van der Waals surface area contributed by atoms with E-state index >= 15 is 0 Å².